The number of fused-ring (bicyclic) bond motifs is 1. The van der Waals surface area contributed by atoms with Crippen molar-refractivity contribution in [1.29, 1.82) is 0 Å². The first-order valence-electron chi connectivity index (χ1n) is 6.19. The van der Waals surface area contributed by atoms with Gasteiger partial charge in [-0.2, -0.15) is 0 Å². The van der Waals surface area contributed by atoms with Gasteiger partial charge >= 0.3 is 0 Å². The van der Waals surface area contributed by atoms with Crippen molar-refractivity contribution in [1.82, 2.24) is 0 Å². The lowest BCUT2D eigenvalue weighted by Gasteiger charge is -2.21. The van der Waals surface area contributed by atoms with Crippen molar-refractivity contribution in [2.24, 2.45) is 0 Å². The molecule has 4 nitrogen and oxygen atoms in total. The number of halogens is 1. The zero-order chi connectivity index (χ0) is 14.0. The molecule has 1 heterocycles. The van der Waals surface area contributed by atoms with Gasteiger partial charge in [0.05, 0.1) is 5.69 Å². The molecule has 2 N–H and O–H groups in total. The van der Waals surface area contributed by atoms with Crippen LogP contribution in [-0.4, -0.2) is 24.6 Å². The van der Waals surface area contributed by atoms with Crippen molar-refractivity contribution in [2.75, 3.05) is 23.8 Å². The summed E-state index contributed by atoms with van der Waals surface area (Å²) in [5, 5.41) is 12.4. The number of rotatable bonds is 5. The van der Waals surface area contributed by atoms with E-state index in [1.807, 2.05) is 19.2 Å². The van der Waals surface area contributed by atoms with Gasteiger partial charge in [0.1, 0.15) is 0 Å². The number of nitrogens with zero attached hydrogens (tertiary/aromatic N) is 1. The molecule has 2 rings (SSSR count). The van der Waals surface area contributed by atoms with E-state index >= 15 is 0 Å². The summed E-state index contributed by atoms with van der Waals surface area (Å²) in [5.74, 6) is -0.367. The maximum absolute atomic E-state index is 11.4. The topological polar surface area (TPSA) is 52.6 Å². The van der Waals surface area contributed by atoms with E-state index in [1.165, 1.54) is 0 Å². The van der Waals surface area contributed by atoms with Crippen LogP contribution in [0.15, 0.2) is 29.3 Å². The van der Waals surface area contributed by atoms with Gasteiger partial charge in [-0.15, -0.1) is 6.58 Å². The zero-order valence-corrected chi connectivity index (χ0v) is 12.4. The average molecular weight is 325 g/mol. The molecule has 1 amide bonds. The van der Waals surface area contributed by atoms with Crippen molar-refractivity contribution in [3.63, 3.8) is 0 Å². The third-order valence-electron chi connectivity index (χ3n) is 3.23. The summed E-state index contributed by atoms with van der Waals surface area (Å²) >= 11 is 3.49. The summed E-state index contributed by atoms with van der Waals surface area (Å²) < 4.78 is 0.878. The van der Waals surface area contributed by atoms with Crippen LogP contribution in [0.2, 0.25) is 0 Å². The lowest BCUT2D eigenvalue weighted by molar-refractivity contribution is -0.123. The molecule has 0 aromatic heterocycles. The highest BCUT2D eigenvalue weighted by atomic mass is 79.9. The second kappa shape index (κ2) is 5.75. The Kier molecular flexibility index (Phi) is 4.27. The molecule has 0 fully saturated rings. The first-order chi connectivity index (χ1) is 9.04. The Morgan fingerprint density at radius 2 is 2.32 bits per heavy atom. The minimum Gasteiger partial charge on any atom is -0.378 e. The SMILES string of the molecule is C=CCCCN(C)c1cc2c(cc1Br)C(O)C(=O)N2. The second-order valence-electron chi connectivity index (χ2n) is 4.64. The van der Waals surface area contributed by atoms with Gasteiger partial charge in [-0.05, 0) is 40.9 Å². The van der Waals surface area contributed by atoms with Gasteiger partial charge in [0.15, 0.2) is 6.10 Å². The van der Waals surface area contributed by atoms with E-state index in [0.717, 1.165) is 29.5 Å². The molecule has 0 radical (unpaired) electrons. The fourth-order valence-electron chi connectivity index (χ4n) is 2.14. The summed E-state index contributed by atoms with van der Waals surface area (Å²) in [6, 6.07) is 3.69. The monoisotopic (exact) mass is 324 g/mol. The van der Waals surface area contributed by atoms with Crippen LogP contribution in [0.1, 0.15) is 24.5 Å². The standard InChI is InChI=1S/C14H17BrN2O2/c1-3-4-5-6-17(2)12-8-11-9(7-10(12)15)13(18)14(19)16-11/h3,7-8,13,18H,1,4-6H2,2H3,(H,16,19). The van der Waals surface area contributed by atoms with Crippen LogP contribution in [-0.2, 0) is 4.79 Å². The average Bonchev–Trinajstić information content (AvgIpc) is 2.65. The van der Waals surface area contributed by atoms with Crippen molar-refractivity contribution >= 4 is 33.2 Å². The lowest BCUT2D eigenvalue weighted by Crippen LogP contribution is -2.19. The summed E-state index contributed by atoms with van der Waals surface area (Å²) in [7, 11) is 2.00. The van der Waals surface area contributed by atoms with Gasteiger partial charge < -0.3 is 15.3 Å². The molecule has 0 saturated carbocycles. The molecule has 0 aliphatic carbocycles. The Bertz CT molecular complexity index is 516. The van der Waals surface area contributed by atoms with E-state index < -0.39 is 6.10 Å². The molecule has 1 unspecified atom stereocenters. The molecule has 1 aromatic rings. The number of allylic oxidation sites excluding steroid dienone is 1. The maximum Gasteiger partial charge on any atom is 0.257 e. The number of benzene rings is 1. The molecule has 5 heteroatoms. The van der Waals surface area contributed by atoms with Crippen LogP contribution in [0.4, 0.5) is 11.4 Å². The van der Waals surface area contributed by atoms with Crippen molar-refractivity contribution < 1.29 is 9.90 Å². The number of hydrogen-bond donors (Lipinski definition) is 2. The number of carbonyl (C=O) groups is 1. The Hall–Kier alpha value is -1.33. The molecule has 19 heavy (non-hydrogen) atoms. The van der Waals surface area contributed by atoms with E-state index in [2.05, 4.69) is 32.7 Å². The number of unbranched alkanes of at least 4 members (excludes halogenated alkanes) is 1. The molecule has 1 atom stereocenters. The van der Waals surface area contributed by atoms with E-state index in [-0.39, 0.29) is 5.91 Å². The van der Waals surface area contributed by atoms with E-state index in [0.29, 0.717) is 11.3 Å². The molecule has 1 aliphatic rings. The minimum atomic E-state index is -1.06. The van der Waals surface area contributed by atoms with Gasteiger partial charge in [-0.1, -0.05) is 6.08 Å². The Labute approximate surface area is 121 Å². The van der Waals surface area contributed by atoms with Gasteiger partial charge in [0.25, 0.3) is 5.91 Å². The molecular weight excluding hydrogens is 308 g/mol. The van der Waals surface area contributed by atoms with Crippen LogP contribution in [0.5, 0.6) is 0 Å². The number of aliphatic hydroxyl groups is 1. The van der Waals surface area contributed by atoms with E-state index in [9.17, 15) is 9.90 Å². The predicted molar refractivity (Wildman–Crippen MR) is 80.4 cm³/mol. The Morgan fingerprint density at radius 1 is 1.58 bits per heavy atom. The van der Waals surface area contributed by atoms with Gasteiger partial charge in [0.2, 0.25) is 0 Å². The third kappa shape index (κ3) is 2.82. The normalized spacial score (nSPS) is 17.0. The third-order valence-corrected chi connectivity index (χ3v) is 3.87. The summed E-state index contributed by atoms with van der Waals surface area (Å²) in [6.07, 6.45) is 2.84. The van der Waals surface area contributed by atoms with Crippen molar-refractivity contribution in [3.05, 3.63) is 34.8 Å². The molecule has 102 valence electrons. The first kappa shape index (κ1) is 14.1. The molecular formula is C14H17BrN2O2. The smallest absolute Gasteiger partial charge is 0.257 e. The molecule has 0 saturated heterocycles. The zero-order valence-electron chi connectivity index (χ0n) is 10.8. The minimum absolute atomic E-state index is 0.367. The number of amides is 1. The first-order valence-corrected chi connectivity index (χ1v) is 6.98. The second-order valence-corrected chi connectivity index (χ2v) is 5.49. The lowest BCUT2D eigenvalue weighted by atomic mass is 10.1. The Morgan fingerprint density at radius 3 is 3.00 bits per heavy atom. The molecule has 1 aliphatic heterocycles. The number of anilines is 2. The maximum atomic E-state index is 11.4. The number of hydrogen-bond acceptors (Lipinski definition) is 3. The van der Waals surface area contributed by atoms with Gasteiger partial charge in [0, 0.05) is 29.3 Å². The molecule has 0 spiro atoms. The van der Waals surface area contributed by atoms with Crippen LogP contribution >= 0.6 is 15.9 Å². The van der Waals surface area contributed by atoms with Crippen LogP contribution in [0.3, 0.4) is 0 Å². The predicted octanol–water partition coefficient (Wildman–Crippen LogP) is 2.84. The molecule has 0 bridgehead atoms. The summed E-state index contributed by atoms with van der Waals surface area (Å²) in [5.41, 5.74) is 2.31. The van der Waals surface area contributed by atoms with Crippen molar-refractivity contribution in [2.45, 2.75) is 18.9 Å². The highest BCUT2D eigenvalue weighted by molar-refractivity contribution is 9.10. The Balaban J connectivity index is 2.21. The van der Waals surface area contributed by atoms with Crippen molar-refractivity contribution in [3.8, 4) is 0 Å². The van der Waals surface area contributed by atoms with E-state index in [4.69, 9.17) is 0 Å². The van der Waals surface area contributed by atoms with E-state index in [1.54, 1.807) is 6.07 Å². The quantitative estimate of drug-likeness (QED) is 0.647. The molecule has 1 aromatic carbocycles. The number of aliphatic hydroxyl groups excluding tert-OH is 1. The highest BCUT2D eigenvalue weighted by Gasteiger charge is 2.29. The van der Waals surface area contributed by atoms with Gasteiger partial charge in [-0.25, -0.2) is 0 Å². The summed E-state index contributed by atoms with van der Waals surface area (Å²) in [6.45, 7) is 4.61. The number of carbonyl (C=O) groups excluding carboxylic acids is 1. The van der Waals surface area contributed by atoms with Crippen LogP contribution < -0.4 is 10.2 Å². The van der Waals surface area contributed by atoms with Crippen LogP contribution in [0, 0.1) is 0 Å². The van der Waals surface area contributed by atoms with Crippen LogP contribution in [0.25, 0.3) is 0 Å². The largest absolute Gasteiger partial charge is 0.378 e. The fourth-order valence-corrected chi connectivity index (χ4v) is 2.80. The summed E-state index contributed by atoms with van der Waals surface area (Å²) in [4.78, 5) is 13.5. The fraction of sp³-hybridized carbons (Fsp3) is 0.357. The van der Waals surface area contributed by atoms with Gasteiger partial charge in [-0.3, -0.25) is 4.79 Å². The highest BCUT2D eigenvalue weighted by Crippen LogP contribution is 2.38. The number of nitrogens with one attached hydrogen (secondary N) is 1.